The van der Waals surface area contributed by atoms with E-state index >= 15 is 0 Å². The maximum absolute atomic E-state index is 9.65. The van der Waals surface area contributed by atoms with Gasteiger partial charge in [-0.15, -0.1) is 0 Å². The summed E-state index contributed by atoms with van der Waals surface area (Å²) in [5, 5.41) is 28.0. The lowest BCUT2D eigenvalue weighted by Crippen LogP contribution is -2.23. The molecule has 0 aromatic carbocycles. The zero-order chi connectivity index (χ0) is 22.1. The number of rotatable bonds is 1. The number of hydrogen-bond donors (Lipinski definition) is 3. The highest BCUT2D eigenvalue weighted by molar-refractivity contribution is 4.89. The highest BCUT2D eigenvalue weighted by atomic mass is 16.3. The van der Waals surface area contributed by atoms with Crippen LogP contribution >= 0.6 is 0 Å². The second kappa shape index (κ2) is 15.8. The molecule has 174 valence electrons. The summed E-state index contributed by atoms with van der Waals surface area (Å²) in [6.07, 6.45) is 29.6. The second-order valence-electron chi connectivity index (χ2n) is 9.90. The minimum atomic E-state index is -0.398. The van der Waals surface area contributed by atoms with Crippen LogP contribution in [0.1, 0.15) is 110 Å². The van der Waals surface area contributed by atoms with Gasteiger partial charge < -0.3 is 15.3 Å². The Kier molecular flexibility index (Phi) is 14.3. The third kappa shape index (κ3) is 14.2. The largest absolute Gasteiger partial charge is 0.396 e. The molecule has 0 bridgehead atoms. The summed E-state index contributed by atoms with van der Waals surface area (Å²) >= 11 is 0. The zero-order valence-electron chi connectivity index (χ0n) is 19.7. The molecule has 0 aromatic rings. The summed E-state index contributed by atoms with van der Waals surface area (Å²) in [7, 11) is 0. The van der Waals surface area contributed by atoms with Crippen molar-refractivity contribution in [1.82, 2.24) is 0 Å². The first kappa shape index (κ1) is 27.1. The van der Waals surface area contributed by atoms with Crippen LogP contribution in [0.3, 0.4) is 0 Å². The molecule has 3 nitrogen and oxygen atoms in total. The fourth-order valence-corrected chi connectivity index (χ4v) is 4.09. The molecular formula is C27H48O3. The van der Waals surface area contributed by atoms with Crippen LogP contribution < -0.4 is 0 Å². The molecule has 0 aromatic heterocycles. The molecule has 0 heterocycles. The number of allylic oxidation sites excluding steroid dienone is 6. The molecule has 0 radical (unpaired) electrons. The maximum Gasteiger partial charge on any atom is 0.0622 e. The Labute approximate surface area is 186 Å². The van der Waals surface area contributed by atoms with Gasteiger partial charge in [-0.3, -0.25) is 0 Å². The minimum Gasteiger partial charge on any atom is -0.396 e. The predicted molar refractivity (Wildman–Crippen MR) is 128 cm³/mol. The van der Waals surface area contributed by atoms with Gasteiger partial charge in [-0.2, -0.15) is 0 Å². The molecule has 3 N–H and O–H groups in total. The maximum atomic E-state index is 9.65. The molecule has 30 heavy (non-hydrogen) atoms. The molecule has 3 atom stereocenters. The van der Waals surface area contributed by atoms with E-state index in [1.165, 1.54) is 19.3 Å². The predicted octanol–water partition coefficient (Wildman–Crippen LogP) is 6.63. The number of hydrogen-bond acceptors (Lipinski definition) is 3. The van der Waals surface area contributed by atoms with Gasteiger partial charge in [0.1, 0.15) is 0 Å². The summed E-state index contributed by atoms with van der Waals surface area (Å²) in [5.41, 5.74) is -0.199. The van der Waals surface area contributed by atoms with Crippen molar-refractivity contribution >= 4 is 0 Å². The smallest absolute Gasteiger partial charge is 0.0622 e. The Morgan fingerprint density at radius 3 is 1.87 bits per heavy atom. The third-order valence-electron chi connectivity index (χ3n) is 6.46. The molecule has 0 saturated carbocycles. The monoisotopic (exact) mass is 420 g/mol. The lowest BCUT2D eigenvalue weighted by atomic mass is 9.80. The molecule has 0 spiro atoms. The highest BCUT2D eigenvalue weighted by Gasteiger charge is 2.22. The van der Waals surface area contributed by atoms with E-state index in [0.29, 0.717) is 6.61 Å². The van der Waals surface area contributed by atoms with E-state index in [2.05, 4.69) is 43.4 Å². The fourth-order valence-electron chi connectivity index (χ4n) is 4.09. The van der Waals surface area contributed by atoms with E-state index in [-0.39, 0.29) is 11.5 Å². The molecular weight excluding hydrogens is 372 g/mol. The molecule has 0 amide bonds. The van der Waals surface area contributed by atoms with Gasteiger partial charge in [-0.05, 0) is 109 Å². The van der Waals surface area contributed by atoms with E-state index < -0.39 is 5.60 Å². The van der Waals surface area contributed by atoms with Gasteiger partial charge in [0.25, 0.3) is 0 Å². The van der Waals surface area contributed by atoms with E-state index in [9.17, 15) is 10.2 Å². The van der Waals surface area contributed by atoms with Crippen molar-refractivity contribution in [2.45, 2.75) is 122 Å². The summed E-state index contributed by atoms with van der Waals surface area (Å²) < 4.78 is 0. The fraction of sp³-hybridized carbons (Fsp3) is 0.778. The van der Waals surface area contributed by atoms with Crippen molar-refractivity contribution in [3.63, 3.8) is 0 Å². The lowest BCUT2D eigenvalue weighted by Gasteiger charge is -2.27. The van der Waals surface area contributed by atoms with Crippen molar-refractivity contribution < 1.29 is 15.3 Å². The molecule has 3 unspecified atom stereocenters. The standard InChI is InChI=1S/C10H18O.C9H16O.C8H14O/c1-10(9-11)7-5-3-2-4-6-8-10;1-9(10)7-5-3-2-4-6-8-9;9-8-6-4-2-1-3-5-7-8/h2-3,11H,4-9H2,1H3;2-3,10H,4-8H2,1H3;1-2,8-9H,3-7H2/b2*3-2-;2-1-. The van der Waals surface area contributed by atoms with Crippen molar-refractivity contribution in [3.8, 4) is 0 Å². The summed E-state index contributed by atoms with van der Waals surface area (Å²) in [6.45, 7) is 4.47. The van der Waals surface area contributed by atoms with Gasteiger partial charge in [0.05, 0.1) is 11.7 Å². The Morgan fingerprint density at radius 2 is 1.20 bits per heavy atom. The van der Waals surface area contributed by atoms with Gasteiger partial charge in [0.2, 0.25) is 0 Å². The van der Waals surface area contributed by atoms with Gasteiger partial charge >= 0.3 is 0 Å². The van der Waals surface area contributed by atoms with E-state index in [1.807, 2.05) is 6.92 Å². The molecule has 3 rings (SSSR count). The van der Waals surface area contributed by atoms with Crippen molar-refractivity contribution in [1.29, 1.82) is 0 Å². The van der Waals surface area contributed by atoms with Crippen LogP contribution in [0.2, 0.25) is 0 Å². The Balaban J connectivity index is 0.000000226. The molecule has 3 aliphatic rings. The SMILES string of the molecule is CC1(CO)CC/C=C\CCC1.CC1(O)CC/C=C\CCC1.OC1CC/C=C\CCC1. The van der Waals surface area contributed by atoms with E-state index in [4.69, 9.17) is 5.11 Å². The number of aliphatic hydroxyl groups is 3. The molecule has 3 aliphatic carbocycles. The summed E-state index contributed by atoms with van der Waals surface area (Å²) in [5.74, 6) is 0. The first-order valence-electron chi connectivity index (χ1n) is 12.3. The van der Waals surface area contributed by atoms with Crippen LogP contribution in [0.5, 0.6) is 0 Å². The average Bonchev–Trinajstić information content (AvgIpc) is 2.66. The van der Waals surface area contributed by atoms with E-state index in [1.54, 1.807) is 0 Å². The summed E-state index contributed by atoms with van der Waals surface area (Å²) in [6, 6.07) is 0. The third-order valence-corrected chi connectivity index (χ3v) is 6.46. The van der Waals surface area contributed by atoms with Crippen LogP contribution in [0.25, 0.3) is 0 Å². The first-order valence-corrected chi connectivity index (χ1v) is 12.3. The van der Waals surface area contributed by atoms with Crippen LogP contribution in [0.4, 0.5) is 0 Å². The van der Waals surface area contributed by atoms with E-state index in [0.717, 1.165) is 77.0 Å². The van der Waals surface area contributed by atoms with Crippen molar-refractivity contribution in [2.75, 3.05) is 6.61 Å². The zero-order valence-corrected chi connectivity index (χ0v) is 19.7. The van der Waals surface area contributed by atoms with Gasteiger partial charge in [0.15, 0.2) is 0 Å². The lowest BCUT2D eigenvalue weighted by molar-refractivity contribution is 0.0402. The van der Waals surface area contributed by atoms with Gasteiger partial charge in [-0.25, -0.2) is 0 Å². The Bertz CT molecular complexity index is 506. The molecule has 3 heteroatoms. The van der Waals surface area contributed by atoms with Crippen molar-refractivity contribution in [3.05, 3.63) is 36.5 Å². The van der Waals surface area contributed by atoms with Crippen LogP contribution in [-0.2, 0) is 0 Å². The van der Waals surface area contributed by atoms with Gasteiger partial charge in [-0.1, -0.05) is 43.4 Å². The number of aliphatic hydroxyl groups excluding tert-OH is 2. The van der Waals surface area contributed by atoms with Gasteiger partial charge in [0, 0.05) is 6.61 Å². The van der Waals surface area contributed by atoms with Crippen LogP contribution in [0.15, 0.2) is 36.5 Å². The average molecular weight is 421 g/mol. The Morgan fingerprint density at radius 1 is 0.667 bits per heavy atom. The highest BCUT2D eigenvalue weighted by Crippen LogP contribution is 2.30. The first-order chi connectivity index (χ1) is 14.4. The Hall–Kier alpha value is -0.900. The quantitative estimate of drug-likeness (QED) is 0.417. The van der Waals surface area contributed by atoms with Crippen LogP contribution in [-0.4, -0.2) is 33.6 Å². The molecule has 0 aliphatic heterocycles. The molecule has 0 saturated heterocycles. The molecule has 0 fully saturated rings. The van der Waals surface area contributed by atoms with Crippen molar-refractivity contribution in [2.24, 2.45) is 5.41 Å². The van der Waals surface area contributed by atoms with Crippen LogP contribution in [0, 0.1) is 5.41 Å². The normalized spacial score (nSPS) is 35.7. The topological polar surface area (TPSA) is 60.7 Å². The summed E-state index contributed by atoms with van der Waals surface area (Å²) in [4.78, 5) is 0. The second-order valence-corrected chi connectivity index (χ2v) is 9.90. The minimum absolute atomic E-state index is 0.0325.